The molecule has 0 unspecified atom stereocenters. The van der Waals surface area contributed by atoms with Crippen LogP contribution in [0.4, 0.5) is 4.39 Å². The molecule has 5 aromatic rings. The van der Waals surface area contributed by atoms with Crippen LogP contribution in [0.15, 0.2) is 85.2 Å². The molecule has 1 aliphatic rings. The first-order valence-corrected chi connectivity index (χ1v) is 12.0. The molecule has 0 bridgehead atoms. The Labute approximate surface area is 203 Å². The van der Waals surface area contributed by atoms with Gasteiger partial charge in [0.05, 0.1) is 17.1 Å². The molecule has 6 heteroatoms. The Kier molecular flexibility index (Phi) is 5.58. The van der Waals surface area contributed by atoms with Crippen LogP contribution in [0.1, 0.15) is 24.3 Å². The van der Waals surface area contributed by atoms with Crippen molar-refractivity contribution in [1.29, 1.82) is 0 Å². The second kappa shape index (κ2) is 9.04. The number of benzene rings is 2. The molecule has 0 saturated carbocycles. The lowest BCUT2D eigenvalue weighted by Gasteiger charge is -2.29. The van der Waals surface area contributed by atoms with E-state index in [0.29, 0.717) is 11.7 Å². The third-order valence-corrected chi connectivity index (χ3v) is 6.89. The lowest BCUT2D eigenvalue weighted by atomic mass is 9.90. The number of imidazole rings is 1. The van der Waals surface area contributed by atoms with Gasteiger partial charge < -0.3 is 4.90 Å². The first kappa shape index (κ1) is 21.6. The van der Waals surface area contributed by atoms with Gasteiger partial charge in [0.1, 0.15) is 11.5 Å². The van der Waals surface area contributed by atoms with Crippen molar-refractivity contribution in [2.75, 3.05) is 20.1 Å². The van der Waals surface area contributed by atoms with Crippen LogP contribution in [0, 0.1) is 5.82 Å². The maximum Gasteiger partial charge on any atom is 0.159 e. The van der Waals surface area contributed by atoms with E-state index in [-0.39, 0.29) is 5.82 Å². The van der Waals surface area contributed by atoms with Crippen molar-refractivity contribution in [1.82, 2.24) is 24.3 Å². The number of piperidine rings is 1. The standard InChI is InChI=1S/C29H26FN5/c1-34-16-12-20(13-17-34)23-14-18-35-26(19-23)33-27(21-7-9-24(30)10-8-21)28(35)25-11-15-31-29(32-25)22-5-3-2-4-6-22/h2-11,14-15,18-20H,12-13,16-17H2,1H3. The topological polar surface area (TPSA) is 46.3 Å². The first-order chi connectivity index (χ1) is 17.2. The predicted molar refractivity (Wildman–Crippen MR) is 137 cm³/mol. The van der Waals surface area contributed by atoms with Crippen molar-refractivity contribution < 1.29 is 4.39 Å². The Morgan fingerprint density at radius 2 is 1.63 bits per heavy atom. The lowest BCUT2D eigenvalue weighted by molar-refractivity contribution is 0.255. The fourth-order valence-corrected chi connectivity index (χ4v) is 4.93. The Hall–Kier alpha value is -3.90. The second-order valence-corrected chi connectivity index (χ2v) is 9.21. The zero-order chi connectivity index (χ0) is 23.8. The summed E-state index contributed by atoms with van der Waals surface area (Å²) in [5.74, 6) is 0.928. The van der Waals surface area contributed by atoms with Crippen LogP contribution in [0.3, 0.4) is 0 Å². The van der Waals surface area contributed by atoms with Crippen molar-refractivity contribution in [3.05, 3.63) is 96.6 Å². The minimum atomic E-state index is -0.267. The predicted octanol–water partition coefficient (Wildman–Crippen LogP) is 6.07. The monoisotopic (exact) mass is 463 g/mol. The lowest BCUT2D eigenvalue weighted by Crippen LogP contribution is -2.29. The Balaban J connectivity index is 1.50. The second-order valence-electron chi connectivity index (χ2n) is 9.21. The number of nitrogens with zero attached hydrogens (tertiary/aromatic N) is 5. The summed E-state index contributed by atoms with van der Waals surface area (Å²) >= 11 is 0. The van der Waals surface area contributed by atoms with Gasteiger partial charge in [0.15, 0.2) is 5.82 Å². The molecule has 4 heterocycles. The van der Waals surface area contributed by atoms with Gasteiger partial charge >= 0.3 is 0 Å². The van der Waals surface area contributed by atoms with E-state index in [1.165, 1.54) is 17.7 Å². The number of likely N-dealkylation sites (tertiary alicyclic amines) is 1. The molecule has 0 N–H and O–H groups in total. The first-order valence-electron chi connectivity index (χ1n) is 12.0. The molecule has 5 nitrogen and oxygen atoms in total. The zero-order valence-corrected chi connectivity index (χ0v) is 19.6. The highest BCUT2D eigenvalue weighted by Gasteiger charge is 2.22. The Bertz CT molecular complexity index is 1470. The molecule has 3 aromatic heterocycles. The molecule has 1 aliphatic heterocycles. The molecule has 6 rings (SSSR count). The van der Waals surface area contributed by atoms with Crippen LogP contribution >= 0.6 is 0 Å². The SMILES string of the molecule is CN1CCC(c2ccn3c(-c4ccnc(-c5ccccc5)n4)c(-c4ccc(F)cc4)nc3c2)CC1. The maximum atomic E-state index is 13.7. The average Bonchev–Trinajstić information content (AvgIpc) is 3.29. The Morgan fingerprint density at radius 3 is 2.40 bits per heavy atom. The molecule has 2 aromatic carbocycles. The number of fused-ring (bicyclic) bond motifs is 1. The summed E-state index contributed by atoms with van der Waals surface area (Å²) in [7, 11) is 2.18. The smallest absolute Gasteiger partial charge is 0.159 e. The molecule has 35 heavy (non-hydrogen) atoms. The van der Waals surface area contributed by atoms with Crippen molar-refractivity contribution in [2.24, 2.45) is 0 Å². The zero-order valence-electron chi connectivity index (χ0n) is 19.6. The molecular formula is C29H26FN5. The highest BCUT2D eigenvalue weighted by Crippen LogP contribution is 2.35. The summed E-state index contributed by atoms with van der Waals surface area (Å²) in [5, 5.41) is 0. The van der Waals surface area contributed by atoms with Crippen molar-refractivity contribution >= 4 is 5.65 Å². The maximum absolute atomic E-state index is 13.7. The normalized spacial score (nSPS) is 15.0. The molecule has 0 amide bonds. The van der Waals surface area contributed by atoms with E-state index in [1.807, 2.05) is 36.4 Å². The number of halogens is 1. The van der Waals surface area contributed by atoms with Crippen LogP contribution in [0.25, 0.3) is 39.7 Å². The third-order valence-electron chi connectivity index (χ3n) is 6.89. The van der Waals surface area contributed by atoms with Crippen LogP contribution in [0.2, 0.25) is 0 Å². The van der Waals surface area contributed by atoms with E-state index >= 15 is 0 Å². The third kappa shape index (κ3) is 4.21. The summed E-state index contributed by atoms with van der Waals surface area (Å²) < 4.78 is 15.8. The van der Waals surface area contributed by atoms with Gasteiger partial charge in [-0.3, -0.25) is 4.40 Å². The number of pyridine rings is 1. The molecular weight excluding hydrogens is 437 g/mol. The summed E-state index contributed by atoms with van der Waals surface area (Å²) in [6.07, 6.45) is 6.18. The summed E-state index contributed by atoms with van der Waals surface area (Å²) in [6, 6.07) is 22.8. The van der Waals surface area contributed by atoms with Gasteiger partial charge in [-0.1, -0.05) is 30.3 Å². The average molecular weight is 464 g/mol. The van der Waals surface area contributed by atoms with Gasteiger partial charge in [-0.25, -0.2) is 19.3 Å². The van der Waals surface area contributed by atoms with Crippen LogP contribution < -0.4 is 0 Å². The summed E-state index contributed by atoms with van der Waals surface area (Å²) in [4.78, 5) is 16.8. The van der Waals surface area contributed by atoms with Gasteiger partial charge in [-0.05, 0) is 86.9 Å². The number of rotatable bonds is 4. The van der Waals surface area contributed by atoms with Gasteiger partial charge in [0.2, 0.25) is 0 Å². The highest BCUT2D eigenvalue weighted by atomic mass is 19.1. The van der Waals surface area contributed by atoms with Gasteiger partial charge in [-0.15, -0.1) is 0 Å². The van der Waals surface area contributed by atoms with E-state index in [4.69, 9.17) is 9.97 Å². The highest BCUT2D eigenvalue weighted by molar-refractivity contribution is 5.81. The molecule has 0 atom stereocenters. The minimum absolute atomic E-state index is 0.267. The fraction of sp³-hybridized carbons (Fsp3) is 0.207. The number of aromatic nitrogens is 4. The van der Waals surface area contributed by atoms with E-state index in [1.54, 1.807) is 18.3 Å². The van der Waals surface area contributed by atoms with E-state index in [9.17, 15) is 4.39 Å². The summed E-state index contributed by atoms with van der Waals surface area (Å²) in [6.45, 7) is 2.22. The summed E-state index contributed by atoms with van der Waals surface area (Å²) in [5.41, 5.74) is 6.43. The molecule has 0 radical (unpaired) electrons. The largest absolute Gasteiger partial charge is 0.306 e. The van der Waals surface area contributed by atoms with Crippen molar-refractivity contribution in [3.63, 3.8) is 0 Å². The van der Waals surface area contributed by atoms with E-state index < -0.39 is 0 Å². The van der Waals surface area contributed by atoms with Gasteiger partial charge in [0.25, 0.3) is 0 Å². The molecule has 1 saturated heterocycles. The molecule has 174 valence electrons. The van der Waals surface area contributed by atoms with Crippen LogP contribution in [-0.2, 0) is 0 Å². The van der Waals surface area contributed by atoms with Crippen LogP contribution in [0.5, 0.6) is 0 Å². The molecule has 0 aliphatic carbocycles. The number of hydrogen-bond acceptors (Lipinski definition) is 4. The molecule has 1 fully saturated rings. The van der Waals surface area contributed by atoms with Crippen molar-refractivity contribution in [2.45, 2.75) is 18.8 Å². The quantitative estimate of drug-likeness (QED) is 0.324. The van der Waals surface area contributed by atoms with Gasteiger partial charge in [-0.2, -0.15) is 0 Å². The minimum Gasteiger partial charge on any atom is -0.306 e. The van der Waals surface area contributed by atoms with Gasteiger partial charge in [0, 0.05) is 23.5 Å². The molecule has 0 spiro atoms. The Morgan fingerprint density at radius 1 is 0.857 bits per heavy atom. The fourth-order valence-electron chi connectivity index (χ4n) is 4.93. The van der Waals surface area contributed by atoms with Crippen LogP contribution in [-0.4, -0.2) is 44.4 Å². The van der Waals surface area contributed by atoms with E-state index in [0.717, 1.165) is 59.8 Å². The van der Waals surface area contributed by atoms with Crippen molar-refractivity contribution in [3.8, 4) is 34.0 Å². The number of hydrogen-bond donors (Lipinski definition) is 0. The van der Waals surface area contributed by atoms with E-state index in [2.05, 4.69) is 39.7 Å².